The van der Waals surface area contributed by atoms with E-state index in [1.807, 2.05) is 0 Å². The second kappa shape index (κ2) is 5.85. The normalized spacial score (nSPS) is 19.7. The third-order valence-corrected chi connectivity index (χ3v) is 6.19. The van der Waals surface area contributed by atoms with Crippen LogP contribution in [0.1, 0.15) is 32.1 Å². The minimum Gasteiger partial charge on any atom is -0.486 e. The Morgan fingerprint density at radius 1 is 1.05 bits per heavy atom. The lowest BCUT2D eigenvalue weighted by Crippen LogP contribution is -2.38. The summed E-state index contributed by atoms with van der Waals surface area (Å²) in [5.41, 5.74) is 0. The number of ether oxygens (including phenoxy) is 2. The van der Waals surface area contributed by atoms with E-state index in [1.165, 1.54) is 10.7 Å². The van der Waals surface area contributed by atoms with E-state index in [4.69, 9.17) is 9.47 Å². The van der Waals surface area contributed by atoms with Crippen molar-refractivity contribution >= 4 is 10.0 Å². The van der Waals surface area contributed by atoms with Crippen molar-refractivity contribution in [2.24, 2.45) is 0 Å². The van der Waals surface area contributed by atoms with Gasteiger partial charge in [0.25, 0.3) is 0 Å². The van der Waals surface area contributed by atoms with Crippen LogP contribution in [0.4, 0.5) is 0 Å². The summed E-state index contributed by atoms with van der Waals surface area (Å²) in [5, 5.41) is 0. The fourth-order valence-corrected chi connectivity index (χ4v) is 4.42. The minimum atomic E-state index is -3.47. The molecule has 116 valence electrons. The van der Waals surface area contributed by atoms with Crippen molar-refractivity contribution in [3.8, 4) is 11.5 Å². The third kappa shape index (κ3) is 2.87. The van der Waals surface area contributed by atoms with E-state index in [0.717, 1.165) is 25.7 Å². The molecule has 1 heterocycles. The van der Waals surface area contributed by atoms with Crippen molar-refractivity contribution in [2.75, 3.05) is 20.3 Å². The van der Waals surface area contributed by atoms with Crippen LogP contribution in [0.3, 0.4) is 0 Å². The molecule has 1 aromatic carbocycles. The second-order valence-electron chi connectivity index (χ2n) is 5.62. The highest BCUT2D eigenvalue weighted by Crippen LogP contribution is 2.34. The third-order valence-electron chi connectivity index (χ3n) is 4.28. The summed E-state index contributed by atoms with van der Waals surface area (Å²) >= 11 is 0. The molecule has 2 aliphatic rings. The standard InChI is InChI=1S/C15H21NO4S/c1-16(12-5-3-2-4-6-12)21(17,18)13-7-8-14-15(11-13)20-10-9-19-14/h7-8,11-12H,2-6,9-10H2,1H3. The molecule has 0 radical (unpaired) electrons. The van der Waals surface area contributed by atoms with Gasteiger partial charge in [-0.05, 0) is 25.0 Å². The Morgan fingerprint density at radius 3 is 2.43 bits per heavy atom. The Kier molecular flexibility index (Phi) is 4.08. The highest BCUT2D eigenvalue weighted by atomic mass is 32.2. The Balaban J connectivity index is 1.86. The van der Waals surface area contributed by atoms with Gasteiger partial charge in [-0.3, -0.25) is 0 Å². The van der Waals surface area contributed by atoms with E-state index >= 15 is 0 Å². The predicted molar refractivity (Wildman–Crippen MR) is 79.3 cm³/mol. The first-order valence-electron chi connectivity index (χ1n) is 7.47. The molecular formula is C15H21NO4S. The summed E-state index contributed by atoms with van der Waals surface area (Å²) < 4.78 is 37.9. The van der Waals surface area contributed by atoms with Crippen LogP contribution in [-0.2, 0) is 10.0 Å². The average Bonchev–Trinajstić information content (AvgIpc) is 2.54. The Hall–Kier alpha value is -1.27. The molecule has 21 heavy (non-hydrogen) atoms. The SMILES string of the molecule is CN(C1CCCCC1)S(=O)(=O)c1ccc2c(c1)OCCO2. The maximum Gasteiger partial charge on any atom is 0.243 e. The van der Waals surface area contributed by atoms with Gasteiger partial charge in [-0.2, -0.15) is 4.31 Å². The van der Waals surface area contributed by atoms with Crippen LogP contribution >= 0.6 is 0 Å². The average molecular weight is 311 g/mol. The fraction of sp³-hybridized carbons (Fsp3) is 0.600. The molecule has 1 fully saturated rings. The van der Waals surface area contributed by atoms with E-state index in [0.29, 0.717) is 24.7 Å². The summed E-state index contributed by atoms with van der Waals surface area (Å²) in [6.45, 7) is 0.954. The minimum absolute atomic E-state index is 0.108. The van der Waals surface area contributed by atoms with Crippen molar-refractivity contribution in [3.05, 3.63) is 18.2 Å². The molecule has 0 atom stereocenters. The van der Waals surface area contributed by atoms with Crippen LogP contribution in [0.25, 0.3) is 0 Å². The molecule has 0 amide bonds. The summed E-state index contributed by atoms with van der Waals surface area (Å²) in [7, 11) is -1.79. The number of fused-ring (bicyclic) bond motifs is 1. The molecule has 0 aromatic heterocycles. The van der Waals surface area contributed by atoms with Gasteiger partial charge in [0.15, 0.2) is 11.5 Å². The number of rotatable bonds is 3. The molecule has 1 aliphatic heterocycles. The molecule has 0 spiro atoms. The molecule has 0 unspecified atom stereocenters. The monoisotopic (exact) mass is 311 g/mol. The molecule has 1 aliphatic carbocycles. The zero-order valence-electron chi connectivity index (χ0n) is 12.2. The van der Waals surface area contributed by atoms with Gasteiger partial charge in [0.1, 0.15) is 13.2 Å². The van der Waals surface area contributed by atoms with Crippen molar-refractivity contribution < 1.29 is 17.9 Å². The highest BCUT2D eigenvalue weighted by Gasteiger charge is 2.30. The van der Waals surface area contributed by atoms with Crippen LogP contribution in [-0.4, -0.2) is 39.0 Å². The van der Waals surface area contributed by atoms with E-state index in [1.54, 1.807) is 25.2 Å². The quantitative estimate of drug-likeness (QED) is 0.860. The molecule has 5 nitrogen and oxygen atoms in total. The second-order valence-corrected chi connectivity index (χ2v) is 7.62. The topological polar surface area (TPSA) is 55.8 Å². The van der Waals surface area contributed by atoms with Gasteiger partial charge in [0.2, 0.25) is 10.0 Å². The lowest BCUT2D eigenvalue weighted by atomic mass is 9.96. The maximum atomic E-state index is 12.7. The molecule has 1 saturated carbocycles. The van der Waals surface area contributed by atoms with Crippen LogP contribution in [0.2, 0.25) is 0 Å². The summed E-state index contributed by atoms with van der Waals surface area (Å²) in [6, 6.07) is 4.96. The predicted octanol–water partition coefficient (Wildman–Crippen LogP) is 2.41. The van der Waals surface area contributed by atoms with Crippen molar-refractivity contribution in [3.63, 3.8) is 0 Å². The summed E-state index contributed by atoms with van der Waals surface area (Å²) in [6.07, 6.45) is 5.30. The Morgan fingerprint density at radius 2 is 1.71 bits per heavy atom. The first-order chi connectivity index (χ1) is 10.1. The van der Waals surface area contributed by atoms with E-state index in [9.17, 15) is 8.42 Å². The number of nitrogens with zero attached hydrogens (tertiary/aromatic N) is 1. The maximum absolute atomic E-state index is 12.7. The Bertz CT molecular complexity index is 608. The zero-order valence-corrected chi connectivity index (χ0v) is 13.1. The highest BCUT2D eigenvalue weighted by molar-refractivity contribution is 7.89. The van der Waals surface area contributed by atoms with E-state index < -0.39 is 10.0 Å². The smallest absolute Gasteiger partial charge is 0.243 e. The number of hydrogen-bond acceptors (Lipinski definition) is 4. The molecule has 3 rings (SSSR count). The van der Waals surface area contributed by atoms with Gasteiger partial charge in [0, 0.05) is 19.2 Å². The van der Waals surface area contributed by atoms with E-state index in [2.05, 4.69) is 0 Å². The summed E-state index contributed by atoms with van der Waals surface area (Å²) in [4.78, 5) is 0.278. The Labute approximate surface area is 125 Å². The number of sulfonamides is 1. The van der Waals surface area contributed by atoms with Crippen LogP contribution in [0.15, 0.2) is 23.1 Å². The van der Waals surface area contributed by atoms with Gasteiger partial charge in [0.05, 0.1) is 4.90 Å². The van der Waals surface area contributed by atoms with Gasteiger partial charge in [-0.25, -0.2) is 8.42 Å². The van der Waals surface area contributed by atoms with Gasteiger partial charge in [-0.15, -0.1) is 0 Å². The van der Waals surface area contributed by atoms with Crippen LogP contribution in [0, 0.1) is 0 Å². The largest absolute Gasteiger partial charge is 0.486 e. The molecule has 6 heteroatoms. The fourth-order valence-electron chi connectivity index (χ4n) is 2.99. The lowest BCUT2D eigenvalue weighted by Gasteiger charge is -2.30. The van der Waals surface area contributed by atoms with Crippen molar-refractivity contribution in [1.82, 2.24) is 4.31 Å². The molecular weight excluding hydrogens is 290 g/mol. The van der Waals surface area contributed by atoms with Gasteiger partial charge in [-0.1, -0.05) is 19.3 Å². The van der Waals surface area contributed by atoms with Gasteiger partial charge >= 0.3 is 0 Å². The first kappa shape index (κ1) is 14.7. The molecule has 0 bridgehead atoms. The number of benzene rings is 1. The zero-order chi connectivity index (χ0) is 14.9. The van der Waals surface area contributed by atoms with Crippen LogP contribution in [0.5, 0.6) is 11.5 Å². The van der Waals surface area contributed by atoms with Gasteiger partial charge < -0.3 is 9.47 Å². The molecule has 1 aromatic rings. The first-order valence-corrected chi connectivity index (χ1v) is 8.91. The van der Waals surface area contributed by atoms with Crippen molar-refractivity contribution in [1.29, 1.82) is 0 Å². The molecule has 0 N–H and O–H groups in total. The van der Waals surface area contributed by atoms with Crippen molar-refractivity contribution in [2.45, 2.75) is 43.0 Å². The summed E-state index contributed by atoms with van der Waals surface area (Å²) in [5.74, 6) is 1.12. The lowest BCUT2D eigenvalue weighted by molar-refractivity contribution is 0.171. The number of hydrogen-bond donors (Lipinski definition) is 0. The van der Waals surface area contributed by atoms with E-state index in [-0.39, 0.29) is 10.9 Å². The molecule has 0 saturated heterocycles. The van der Waals surface area contributed by atoms with Crippen LogP contribution < -0.4 is 9.47 Å².